The number of hydrogen-bond donors (Lipinski definition) is 1. The zero-order valence-corrected chi connectivity index (χ0v) is 12.7. The highest BCUT2D eigenvalue weighted by molar-refractivity contribution is 7.10. The summed E-state index contributed by atoms with van der Waals surface area (Å²) in [6.45, 7) is 8.25. The van der Waals surface area contributed by atoms with Gasteiger partial charge in [-0.3, -0.25) is 0 Å². The van der Waals surface area contributed by atoms with E-state index in [-0.39, 0.29) is 6.04 Å². The molecule has 4 nitrogen and oxygen atoms in total. The van der Waals surface area contributed by atoms with E-state index in [9.17, 15) is 0 Å². The van der Waals surface area contributed by atoms with Crippen LogP contribution in [0.2, 0.25) is 0 Å². The van der Waals surface area contributed by atoms with Crippen molar-refractivity contribution in [2.45, 2.75) is 46.1 Å². The van der Waals surface area contributed by atoms with Crippen LogP contribution in [-0.2, 0) is 0 Å². The van der Waals surface area contributed by atoms with Crippen molar-refractivity contribution in [3.8, 4) is 0 Å². The lowest BCUT2D eigenvalue weighted by atomic mass is 10.2. The van der Waals surface area contributed by atoms with Gasteiger partial charge in [-0.2, -0.15) is 9.97 Å². The first-order valence-electron chi connectivity index (χ1n) is 6.62. The number of aryl methyl sites for hydroxylation is 1. The third-order valence-electron chi connectivity index (χ3n) is 2.88. The molecule has 0 aliphatic carbocycles. The lowest BCUT2D eigenvalue weighted by Crippen LogP contribution is -2.13. The molecule has 0 aromatic carbocycles. The Balaban J connectivity index is 2.22. The van der Waals surface area contributed by atoms with Crippen molar-refractivity contribution in [2.24, 2.45) is 0 Å². The van der Waals surface area contributed by atoms with Gasteiger partial charge in [0.1, 0.15) is 11.6 Å². The molecule has 5 heteroatoms. The monoisotopic (exact) mass is 276 g/mol. The molecule has 0 bridgehead atoms. The van der Waals surface area contributed by atoms with E-state index < -0.39 is 0 Å². The molecular weight excluding hydrogens is 256 g/mol. The summed E-state index contributed by atoms with van der Waals surface area (Å²) in [6, 6.07) is 4.48. The van der Waals surface area contributed by atoms with E-state index in [4.69, 9.17) is 0 Å². The summed E-state index contributed by atoms with van der Waals surface area (Å²) in [5, 5.41) is 5.51. The Morgan fingerprint density at radius 3 is 2.63 bits per heavy atom. The largest absolute Gasteiger partial charge is 0.347 e. The van der Waals surface area contributed by atoms with Crippen LogP contribution in [0.4, 0.5) is 5.95 Å². The van der Waals surface area contributed by atoms with Gasteiger partial charge in [-0.1, -0.05) is 26.8 Å². The van der Waals surface area contributed by atoms with Crippen LogP contribution in [0.3, 0.4) is 0 Å². The van der Waals surface area contributed by atoms with Gasteiger partial charge in [0.15, 0.2) is 0 Å². The summed E-state index contributed by atoms with van der Waals surface area (Å²) in [7, 11) is 0. The molecule has 2 heterocycles. The third-order valence-corrected chi connectivity index (χ3v) is 3.87. The van der Waals surface area contributed by atoms with E-state index in [1.165, 1.54) is 4.88 Å². The number of nitrogens with one attached hydrogen (secondary N) is 1. The molecule has 102 valence electrons. The van der Waals surface area contributed by atoms with Gasteiger partial charge in [-0.25, -0.2) is 4.98 Å². The second-order valence-corrected chi connectivity index (χ2v) is 5.82. The van der Waals surface area contributed by atoms with Gasteiger partial charge in [0.2, 0.25) is 5.95 Å². The summed E-state index contributed by atoms with van der Waals surface area (Å²) in [5.74, 6) is 2.60. The average Bonchev–Trinajstić information content (AvgIpc) is 2.89. The fourth-order valence-electron chi connectivity index (χ4n) is 1.85. The van der Waals surface area contributed by atoms with Crippen LogP contribution in [0.25, 0.3) is 0 Å². The van der Waals surface area contributed by atoms with Crippen molar-refractivity contribution in [2.75, 3.05) is 5.32 Å². The molecule has 19 heavy (non-hydrogen) atoms. The third kappa shape index (κ3) is 3.50. The van der Waals surface area contributed by atoms with Gasteiger partial charge in [0, 0.05) is 10.8 Å². The molecule has 0 spiro atoms. The molecule has 0 saturated heterocycles. The molecule has 0 saturated carbocycles. The van der Waals surface area contributed by atoms with Crippen LogP contribution in [-0.4, -0.2) is 15.0 Å². The van der Waals surface area contributed by atoms with E-state index in [0.29, 0.717) is 11.9 Å². The second kappa shape index (κ2) is 6.10. The summed E-state index contributed by atoms with van der Waals surface area (Å²) < 4.78 is 0. The summed E-state index contributed by atoms with van der Waals surface area (Å²) >= 11 is 1.76. The van der Waals surface area contributed by atoms with Crippen molar-refractivity contribution in [3.63, 3.8) is 0 Å². The minimum atomic E-state index is 0.266. The molecule has 0 aliphatic heterocycles. The predicted octanol–water partition coefficient (Wildman–Crippen LogP) is 3.93. The molecule has 2 rings (SSSR count). The molecular formula is C14H20N4S. The van der Waals surface area contributed by atoms with Gasteiger partial charge in [0.05, 0.1) is 6.04 Å². The van der Waals surface area contributed by atoms with Crippen LogP contribution in [0.5, 0.6) is 0 Å². The molecule has 2 aromatic heterocycles. The van der Waals surface area contributed by atoms with Gasteiger partial charge < -0.3 is 5.32 Å². The number of thiophene rings is 1. The van der Waals surface area contributed by atoms with E-state index in [1.54, 1.807) is 11.3 Å². The summed E-state index contributed by atoms with van der Waals surface area (Å²) in [5.41, 5.74) is 0. The maximum Gasteiger partial charge on any atom is 0.226 e. The SMILES string of the molecule is CCC(Nc1nc(C)nc(C(C)C)n1)c1cccs1. The van der Waals surface area contributed by atoms with Crippen LogP contribution >= 0.6 is 11.3 Å². The number of hydrogen-bond acceptors (Lipinski definition) is 5. The van der Waals surface area contributed by atoms with Gasteiger partial charge >= 0.3 is 0 Å². The Morgan fingerprint density at radius 1 is 1.26 bits per heavy atom. The highest BCUT2D eigenvalue weighted by Gasteiger charge is 2.13. The normalized spacial score (nSPS) is 12.7. The molecule has 1 atom stereocenters. The molecule has 0 radical (unpaired) electrons. The Morgan fingerprint density at radius 2 is 2.05 bits per heavy atom. The van der Waals surface area contributed by atoms with Crippen molar-refractivity contribution < 1.29 is 0 Å². The van der Waals surface area contributed by atoms with Gasteiger partial charge in [0.25, 0.3) is 0 Å². The first-order valence-corrected chi connectivity index (χ1v) is 7.50. The van der Waals surface area contributed by atoms with Crippen LogP contribution in [0, 0.1) is 6.92 Å². The topological polar surface area (TPSA) is 50.7 Å². The van der Waals surface area contributed by atoms with Gasteiger partial charge in [-0.15, -0.1) is 11.3 Å². The fraction of sp³-hybridized carbons (Fsp3) is 0.500. The van der Waals surface area contributed by atoms with E-state index in [0.717, 1.165) is 18.1 Å². The van der Waals surface area contributed by atoms with Crippen molar-refractivity contribution in [3.05, 3.63) is 34.0 Å². The second-order valence-electron chi connectivity index (χ2n) is 4.84. The molecule has 0 amide bonds. The minimum absolute atomic E-state index is 0.266. The van der Waals surface area contributed by atoms with Gasteiger partial charge in [-0.05, 0) is 24.8 Å². The summed E-state index contributed by atoms with van der Waals surface area (Å²) in [4.78, 5) is 14.6. The minimum Gasteiger partial charge on any atom is -0.347 e. The number of aromatic nitrogens is 3. The van der Waals surface area contributed by atoms with E-state index in [2.05, 4.69) is 58.6 Å². The first-order chi connectivity index (χ1) is 9.10. The maximum atomic E-state index is 4.50. The lowest BCUT2D eigenvalue weighted by Gasteiger charge is -2.16. The van der Waals surface area contributed by atoms with E-state index in [1.807, 2.05) is 6.92 Å². The highest BCUT2D eigenvalue weighted by Crippen LogP contribution is 2.25. The van der Waals surface area contributed by atoms with Crippen LogP contribution in [0.1, 0.15) is 55.7 Å². The number of rotatable bonds is 5. The fourth-order valence-corrected chi connectivity index (χ4v) is 2.71. The highest BCUT2D eigenvalue weighted by atomic mass is 32.1. The Bertz CT molecular complexity index is 522. The summed E-state index contributed by atoms with van der Waals surface area (Å²) in [6.07, 6.45) is 1.00. The zero-order chi connectivity index (χ0) is 13.8. The first kappa shape index (κ1) is 13.9. The quantitative estimate of drug-likeness (QED) is 0.899. The Hall–Kier alpha value is -1.49. The number of nitrogens with zero attached hydrogens (tertiary/aromatic N) is 3. The molecule has 1 N–H and O–H groups in total. The molecule has 0 aliphatic rings. The molecule has 0 fully saturated rings. The number of anilines is 1. The Labute approximate surface area is 118 Å². The molecule has 1 unspecified atom stereocenters. The lowest BCUT2D eigenvalue weighted by molar-refractivity contribution is 0.717. The zero-order valence-electron chi connectivity index (χ0n) is 11.8. The predicted molar refractivity (Wildman–Crippen MR) is 79.6 cm³/mol. The van der Waals surface area contributed by atoms with Crippen molar-refractivity contribution in [1.29, 1.82) is 0 Å². The van der Waals surface area contributed by atoms with Crippen molar-refractivity contribution >= 4 is 17.3 Å². The van der Waals surface area contributed by atoms with Crippen LogP contribution < -0.4 is 5.32 Å². The molecule has 2 aromatic rings. The Kier molecular flexibility index (Phi) is 4.47. The van der Waals surface area contributed by atoms with Crippen molar-refractivity contribution in [1.82, 2.24) is 15.0 Å². The van der Waals surface area contributed by atoms with E-state index >= 15 is 0 Å². The average molecular weight is 276 g/mol. The standard InChI is InChI=1S/C14H20N4S/c1-5-11(12-7-6-8-19-12)17-14-16-10(4)15-13(18-14)9(2)3/h6-9,11H,5H2,1-4H3,(H,15,16,17,18). The smallest absolute Gasteiger partial charge is 0.226 e. The maximum absolute atomic E-state index is 4.50. The van der Waals surface area contributed by atoms with Crippen LogP contribution in [0.15, 0.2) is 17.5 Å².